The second-order valence-electron chi connectivity index (χ2n) is 4.29. The van der Waals surface area contributed by atoms with Crippen LogP contribution in [0.2, 0.25) is 0 Å². The van der Waals surface area contributed by atoms with E-state index in [2.05, 4.69) is 25.8 Å². The van der Waals surface area contributed by atoms with Crippen LogP contribution in [0.4, 0.5) is 5.69 Å². The number of nitrogens with two attached hydrogens (primary N) is 1. The molecule has 0 saturated heterocycles. The Balaban J connectivity index is 2.14. The van der Waals surface area contributed by atoms with E-state index in [1.165, 1.54) is 0 Å². The van der Waals surface area contributed by atoms with E-state index in [4.69, 9.17) is 5.73 Å². The predicted octanol–water partition coefficient (Wildman–Crippen LogP) is 1.51. The van der Waals surface area contributed by atoms with Gasteiger partial charge < -0.3 is 5.73 Å². The zero-order valence-corrected chi connectivity index (χ0v) is 13.3. The monoisotopic (exact) mass is 358 g/mol. The molecule has 0 amide bonds. The van der Waals surface area contributed by atoms with Crippen LogP contribution in [0, 0.1) is 6.92 Å². The van der Waals surface area contributed by atoms with Crippen LogP contribution in [-0.4, -0.2) is 24.7 Å². The smallest absolute Gasteiger partial charge is 0.241 e. The number of benzene rings is 1. The number of hydrogen-bond acceptors (Lipinski definition) is 4. The van der Waals surface area contributed by atoms with Gasteiger partial charge in [-0.3, -0.25) is 4.68 Å². The van der Waals surface area contributed by atoms with Crippen molar-refractivity contribution in [3.05, 3.63) is 40.6 Å². The Morgan fingerprint density at radius 3 is 2.85 bits per heavy atom. The maximum absolute atomic E-state index is 12.3. The van der Waals surface area contributed by atoms with Gasteiger partial charge in [0.25, 0.3) is 0 Å². The van der Waals surface area contributed by atoms with Gasteiger partial charge in [0.2, 0.25) is 10.0 Å². The summed E-state index contributed by atoms with van der Waals surface area (Å²) in [6, 6.07) is 5.01. The summed E-state index contributed by atoms with van der Waals surface area (Å²) in [4.78, 5) is 0.185. The highest BCUT2D eigenvalue weighted by molar-refractivity contribution is 9.10. The maximum atomic E-state index is 12.3. The third-order valence-corrected chi connectivity index (χ3v) is 4.89. The molecule has 6 nitrogen and oxygen atoms in total. The van der Waals surface area contributed by atoms with Crippen molar-refractivity contribution < 1.29 is 8.42 Å². The van der Waals surface area contributed by atoms with Crippen molar-refractivity contribution in [3.63, 3.8) is 0 Å². The molecule has 2 aromatic rings. The lowest BCUT2D eigenvalue weighted by molar-refractivity contribution is 0.560. The van der Waals surface area contributed by atoms with E-state index in [1.807, 2.05) is 0 Å². The molecule has 3 N–H and O–H groups in total. The summed E-state index contributed by atoms with van der Waals surface area (Å²) in [7, 11) is -3.59. The minimum atomic E-state index is -3.59. The standard InChI is InChI=1S/C12H15BrN4O2S/c1-9-11(14)7-10(13)8-12(9)20(18,19)16-4-6-17-5-2-3-15-17/h2-3,5,7-8,16H,4,6,14H2,1H3. The molecule has 0 radical (unpaired) electrons. The molecule has 0 saturated carbocycles. The Hall–Kier alpha value is -1.38. The number of halogens is 1. The number of anilines is 1. The van der Waals surface area contributed by atoms with Gasteiger partial charge in [-0.1, -0.05) is 15.9 Å². The Bertz CT molecular complexity index is 698. The molecule has 0 aliphatic rings. The number of nitrogen functional groups attached to an aromatic ring is 1. The molecule has 20 heavy (non-hydrogen) atoms. The number of rotatable bonds is 5. The molecule has 0 unspecified atom stereocenters. The lowest BCUT2D eigenvalue weighted by Crippen LogP contribution is -2.28. The van der Waals surface area contributed by atoms with Gasteiger partial charge in [0.1, 0.15) is 0 Å². The third kappa shape index (κ3) is 3.38. The molecule has 1 heterocycles. The first-order valence-corrected chi connectivity index (χ1v) is 8.20. The van der Waals surface area contributed by atoms with Gasteiger partial charge in [0, 0.05) is 29.1 Å². The van der Waals surface area contributed by atoms with Crippen LogP contribution in [0.1, 0.15) is 5.56 Å². The fraction of sp³-hybridized carbons (Fsp3) is 0.250. The molecule has 0 aliphatic heterocycles. The van der Waals surface area contributed by atoms with E-state index in [0.29, 0.717) is 22.3 Å². The Morgan fingerprint density at radius 1 is 1.45 bits per heavy atom. The number of aromatic nitrogens is 2. The van der Waals surface area contributed by atoms with Crippen molar-refractivity contribution >= 4 is 31.6 Å². The summed E-state index contributed by atoms with van der Waals surface area (Å²) < 4.78 is 29.4. The van der Waals surface area contributed by atoms with Crippen molar-refractivity contribution in [2.24, 2.45) is 0 Å². The molecule has 8 heteroatoms. The SMILES string of the molecule is Cc1c(N)cc(Br)cc1S(=O)(=O)NCCn1cccn1. The molecule has 0 atom stereocenters. The van der Waals surface area contributed by atoms with Crippen molar-refractivity contribution in [2.45, 2.75) is 18.4 Å². The summed E-state index contributed by atoms with van der Waals surface area (Å²) in [5.41, 5.74) is 6.77. The van der Waals surface area contributed by atoms with Crippen LogP contribution in [-0.2, 0) is 16.6 Å². The lowest BCUT2D eigenvalue weighted by atomic mass is 10.2. The third-order valence-electron chi connectivity index (χ3n) is 2.85. The molecular formula is C12H15BrN4O2S. The van der Waals surface area contributed by atoms with Gasteiger partial charge in [-0.05, 0) is 30.7 Å². The van der Waals surface area contributed by atoms with E-state index in [1.54, 1.807) is 42.2 Å². The number of nitrogens with one attached hydrogen (secondary N) is 1. The quantitative estimate of drug-likeness (QED) is 0.792. The summed E-state index contributed by atoms with van der Waals surface area (Å²) in [5.74, 6) is 0. The van der Waals surface area contributed by atoms with Crippen molar-refractivity contribution in [2.75, 3.05) is 12.3 Å². The zero-order chi connectivity index (χ0) is 14.8. The number of hydrogen-bond donors (Lipinski definition) is 2. The van der Waals surface area contributed by atoms with E-state index in [0.717, 1.165) is 0 Å². The molecule has 0 spiro atoms. The molecule has 108 valence electrons. The van der Waals surface area contributed by atoms with Gasteiger partial charge in [-0.25, -0.2) is 13.1 Å². The summed E-state index contributed by atoms with van der Waals surface area (Å²) in [5, 5.41) is 4.01. The van der Waals surface area contributed by atoms with Crippen LogP contribution in [0.15, 0.2) is 40.0 Å². The lowest BCUT2D eigenvalue weighted by Gasteiger charge is -2.11. The maximum Gasteiger partial charge on any atom is 0.241 e. The molecule has 1 aromatic carbocycles. The molecule has 0 aliphatic carbocycles. The Labute approximate surface area is 126 Å². The van der Waals surface area contributed by atoms with Crippen LogP contribution in [0.5, 0.6) is 0 Å². The second-order valence-corrected chi connectivity index (χ2v) is 6.94. The number of sulfonamides is 1. The first-order chi connectivity index (χ1) is 9.40. The van der Waals surface area contributed by atoms with Gasteiger partial charge >= 0.3 is 0 Å². The van der Waals surface area contributed by atoms with Gasteiger partial charge in [0.15, 0.2) is 0 Å². The summed E-state index contributed by atoms with van der Waals surface area (Å²) >= 11 is 3.25. The van der Waals surface area contributed by atoms with Crippen LogP contribution in [0.3, 0.4) is 0 Å². The van der Waals surface area contributed by atoms with E-state index < -0.39 is 10.0 Å². The topological polar surface area (TPSA) is 90.0 Å². The van der Waals surface area contributed by atoms with Crippen LogP contribution >= 0.6 is 15.9 Å². The molecule has 1 aromatic heterocycles. The van der Waals surface area contributed by atoms with Crippen LogP contribution < -0.4 is 10.5 Å². The van der Waals surface area contributed by atoms with Gasteiger partial charge in [-0.15, -0.1) is 0 Å². The molecular weight excluding hydrogens is 344 g/mol. The predicted molar refractivity (Wildman–Crippen MR) is 80.7 cm³/mol. The fourth-order valence-electron chi connectivity index (χ4n) is 1.76. The van der Waals surface area contributed by atoms with E-state index in [-0.39, 0.29) is 11.4 Å². The first-order valence-electron chi connectivity index (χ1n) is 5.93. The average molecular weight is 359 g/mol. The second kappa shape index (κ2) is 5.94. The van der Waals surface area contributed by atoms with Gasteiger partial charge in [-0.2, -0.15) is 5.10 Å². The van der Waals surface area contributed by atoms with Gasteiger partial charge in [0.05, 0.1) is 11.4 Å². The summed E-state index contributed by atoms with van der Waals surface area (Å²) in [6.07, 6.45) is 3.42. The van der Waals surface area contributed by atoms with E-state index in [9.17, 15) is 8.42 Å². The minimum absolute atomic E-state index is 0.185. The highest BCUT2D eigenvalue weighted by Gasteiger charge is 2.18. The highest BCUT2D eigenvalue weighted by Crippen LogP contribution is 2.26. The van der Waals surface area contributed by atoms with Crippen LogP contribution in [0.25, 0.3) is 0 Å². The minimum Gasteiger partial charge on any atom is -0.398 e. The van der Waals surface area contributed by atoms with Crippen molar-refractivity contribution in [1.29, 1.82) is 0 Å². The molecule has 2 rings (SSSR count). The van der Waals surface area contributed by atoms with Crippen molar-refractivity contribution in [1.82, 2.24) is 14.5 Å². The molecule has 0 bridgehead atoms. The normalized spacial score (nSPS) is 11.7. The first kappa shape index (κ1) is 15.0. The fourth-order valence-corrected chi connectivity index (χ4v) is 3.70. The largest absolute Gasteiger partial charge is 0.398 e. The number of nitrogens with zero attached hydrogens (tertiary/aromatic N) is 2. The highest BCUT2D eigenvalue weighted by atomic mass is 79.9. The molecule has 0 fully saturated rings. The van der Waals surface area contributed by atoms with Crippen molar-refractivity contribution in [3.8, 4) is 0 Å². The Kier molecular flexibility index (Phi) is 4.46. The average Bonchev–Trinajstić information content (AvgIpc) is 2.86. The summed E-state index contributed by atoms with van der Waals surface area (Å²) in [6.45, 7) is 2.41. The Morgan fingerprint density at radius 2 is 2.20 bits per heavy atom. The van der Waals surface area contributed by atoms with E-state index >= 15 is 0 Å². The zero-order valence-electron chi connectivity index (χ0n) is 10.9.